The first-order valence-corrected chi connectivity index (χ1v) is 8.23. The number of halogens is 3. The molecule has 0 saturated heterocycles. The number of esters is 1. The zero-order chi connectivity index (χ0) is 21.2. The Morgan fingerprint density at radius 1 is 1.21 bits per heavy atom. The lowest BCUT2D eigenvalue weighted by atomic mass is 10.1. The molecular formula is C18H16F3N5O3. The van der Waals surface area contributed by atoms with Gasteiger partial charge in [0.2, 0.25) is 5.95 Å². The molecule has 0 saturated carbocycles. The average molecular weight is 407 g/mol. The van der Waals surface area contributed by atoms with Crippen LogP contribution in [0.5, 0.6) is 5.75 Å². The number of methoxy groups -OCH3 is 2. The number of carbonyl (C=O) groups is 1. The second-order valence-corrected chi connectivity index (χ2v) is 5.88. The van der Waals surface area contributed by atoms with E-state index in [1.807, 2.05) is 6.92 Å². The number of rotatable bonds is 5. The molecule has 1 aromatic carbocycles. The molecule has 152 valence electrons. The molecule has 0 aliphatic rings. The van der Waals surface area contributed by atoms with Crippen LogP contribution < -0.4 is 10.1 Å². The fourth-order valence-corrected chi connectivity index (χ4v) is 2.56. The molecular weight excluding hydrogens is 391 g/mol. The van der Waals surface area contributed by atoms with Crippen molar-refractivity contribution in [1.29, 1.82) is 0 Å². The molecule has 0 atom stereocenters. The summed E-state index contributed by atoms with van der Waals surface area (Å²) in [6.07, 6.45) is -2.36. The summed E-state index contributed by atoms with van der Waals surface area (Å²) in [5, 5.41) is 2.67. The van der Waals surface area contributed by atoms with Crippen molar-refractivity contribution in [2.45, 2.75) is 13.1 Å². The Hall–Kier alpha value is -3.63. The molecule has 0 radical (unpaired) electrons. The van der Waals surface area contributed by atoms with Gasteiger partial charge in [-0.3, -0.25) is 0 Å². The lowest BCUT2D eigenvalue weighted by Crippen LogP contribution is -2.18. The highest BCUT2D eigenvalue weighted by molar-refractivity contribution is 5.90. The summed E-state index contributed by atoms with van der Waals surface area (Å²) < 4.78 is 49.5. The largest absolute Gasteiger partial charge is 0.496 e. The highest BCUT2D eigenvalue weighted by Gasteiger charge is 2.38. The van der Waals surface area contributed by atoms with Gasteiger partial charge in [-0.15, -0.1) is 0 Å². The Labute approximate surface area is 163 Å². The number of nitrogens with zero attached hydrogens (tertiary/aromatic N) is 3. The summed E-state index contributed by atoms with van der Waals surface area (Å²) >= 11 is 0. The molecule has 0 fully saturated rings. The first-order valence-electron chi connectivity index (χ1n) is 8.23. The first kappa shape index (κ1) is 20.1. The lowest BCUT2D eigenvalue weighted by Gasteiger charge is -2.13. The summed E-state index contributed by atoms with van der Waals surface area (Å²) in [5.41, 5.74) is -0.317. The van der Waals surface area contributed by atoms with Crippen molar-refractivity contribution >= 4 is 17.6 Å². The monoisotopic (exact) mass is 407 g/mol. The maximum absolute atomic E-state index is 13.3. The van der Waals surface area contributed by atoms with Crippen LogP contribution in [0.1, 0.15) is 21.7 Å². The molecule has 0 spiro atoms. The Bertz CT molecular complexity index is 1050. The predicted octanol–water partition coefficient (Wildman–Crippen LogP) is 3.73. The van der Waals surface area contributed by atoms with Crippen LogP contribution in [-0.4, -0.2) is 40.1 Å². The van der Waals surface area contributed by atoms with Crippen LogP contribution in [0, 0.1) is 6.92 Å². The van der Waals surface area contributed by atoms with Crippen molar-refractivity contribution in [2.75, 3.05) is 19.5 Å². The molecule has 2 aromatic heterocycles. The fraction of sp³-hybridized carbons (Fsp3) is 0.222. The summed E-state index contributed by atoms with van der Waals surface area (Å²) in [7, 11) is 2.44. The molecule has 8 nitrogen and oxygen atoms in total. The standard InChI is InChI=1S/C18H16F3N5O3/c1-9-7-22-15(24-9)11-5-4-10(6-13(11)28-2)25-17-23-8-12(16(27)29-3)14(26-17)18(19,20)21/h4-8H,1-3H3,(H,22,24)(H,23,25,26). The van der Waals surface area contributed by atoms with Crippen LogP contribution in [0.3, 0.4) is 0 Å². The van der Waals surface area contributed by atoms with Gasteiger partial charge in [-0.2, -0.15) is 13.2 Å². The molecule has 0 aliphatic carbocycles. The average Bonchev–Trinajstić information content (AvgIpc) is 3.12. The van der Waals surface area contributed by atoms with Gasteiger partial charge in [0, 0.05) is 24.1 Å². The number of anilines is 2. The zero-order valence-corrected chi connectivity index (χ0v) is 15.6. The molecule has 2 heterocycles. The van der Waals surface area contributed by atoms with Gasteiger partial charge in [-0.05, 0) is 19.1 Å². The van der Waals surface area contributed by atoms with E-state index in [0.717, 1.165) is 19.0 Å². The van der Waals surface area contributed by atoms with Gasteiger partial charge < -0.3 is 19.8 Å². The molecule has 0 aliphatic heterocycles. The Kier molecular flexibility index (Phi) is 5.39. The minimum absolute atomic E-state index is 0.339. The maximum Gasteiger partial charge on any atom is 0.434 e. The van der Waals surface area contributed by atoms with Crippen LogP contribution in [0.25, 0.3) is 11.4 Å². The van der Waals surface area contributed by atoms with Crippen LogP contribution in [-0.2, 0) is 10.9 Å². The minimum atomic E-state index is -4.86. The van der Waals surface area contributed by atoms with Gasteiger partial charge in [0.15, 0.2) is 5.69 Å². The zero-order valence-electron chi connectivity index (χ0n) is 15.6. The third kappa shape index (κ3) is 4.28. The Balaban J connectivity index is 1.94. The molecule has 0 unspecified atom stereocenters. The number of alkyl halides is 3. The number of aromatic amines is 1. The third-order valence-corrected chi connectivity index (χ3v) is 3.88. The van der Waals surface area contributed by atoms with E-state index in [0.29, 0.717) is 22.8 Å². The predicted molar refractivity (Wildman–Crippen MR) is 97.0 cm³/mol. The van der Waals surface area contributed by atoms with Crippen LogP contribution in [0.15, 0.2) is 30.6 Å². The summed E-state index contributed by atoms with van der Waals surface area (Å²) in [5.74, 6) is -0.493. The third-order valence-electron chi connectivity index (χ3n) is 3.88. The number of benzene rings is 1. The molecule has 11 heteroatoms. The van der Waals surface area contributed by atoms with E-state index in [1.54, 1.807) is 24.4 Å². The van der Waals surface area contributed by atoms with E-state index in [-0.39, 0.29) is 5.95 Å². The van der Waals surface area contributed by atoms with Gasteiger partial charge in [0.25, 0.3) is 0 Å². The summed E-state index contributed by atoms with van der Waals surface area (Å²) in [6.45, 7) is 1.83. The molecule has 3 rings (SSSR count). The van der Waals surface area contributed by atoms with Gasteiger partial charge >= 0.3 is 12.1 Å². The number of nitrogens with one attached hydrogen (secondary N) is 2. The summed E-state index contributed by atoms with van der Waals surface area (Å²) in [6, 6.07) is 4.87. The number of carbonyl (C=O) groups excluding carboxylic acids is 1. The fourth-order valence-electron chi connectivity index (χ4n) is 2.56. The number of aryl methyl sites for hydroxylation is 1. The smallest absolute Gasteiger partial charge is 0.434 e. The Morgan fingerprint density at radius 3 is 2.55 bits per heavy atom. The van der Waals surface area contributed by atoms with Crippen molar-refractivity contribution < 1.29 is 27.4 Å². The van der Waals surface area contributed by atoms with Crippen LogP contribution in [0.4, 0.5) is 24.8 Å². The Morgan fingerprint density at radius 2 is 1.97 bits per heavy atom. The first-order chi connectivity index (χ1) is 13.7. The lowest BCUT2D eigenvalue weighted by molar-refractivity contribution is -0.141. The van der Waals surface area contributed by atoms with E-state index < -0.39 is 23.4 Å². The van der Waals surface area contributed by atoms with E-state index in [1.165, 1.54) is 7.11 Å². The second kappa shape index (κ2) is 7.78. The van der Waals surface area contributed by atoms with Gasteiger partial charge in [0.1, 0.15) is 17.1 Å². The van der Waals surface area contributed by atoms with Crippen molar-refractivity contribution in [3.8, 4) is 17.1 Å². The van der Waals surface area contributed by atoms with Crippen LogP contribution >= 0.6 is 0 Å². The quantitative estimate of drug-likeness (QED) is 0.621. The topological polar surface area (TPSA) is 102 Å². The van der Waals surface area contributed by atoms with Crippen molar-refractivity contribution in [3.05, 3.63) is 47.5 Å². The number of imidazole rings is 1. The molecule has 0 bridgehead atoms. The van der Waals surface area contributed by atoms with Gasteiger partial charge in [0.05, 0.1) is 25.5 Å². The maximum atomic E-state index is 13.3. The van der Waals surface area contributed by atoms with Gasteiger partial charge in [-0.25, -0.2) is 19.7 Å². The molecule has 0 amide bonds. The van der Waals surface area contributed by atoms with Crippen molar-refractivity contribution in [2.24, 2.45) is 0 Å². The van der Waals surface area contributed by atoms with Crippen LogP contribution in [0.2, 0.25) is 0 Å². The minimum Gasteiger partial charge on any atom is -0.496 e. The van der Waals surface area contributed by atoms with Gasteiger partial charge in [-0.1, -0.05) is 0 Å². The van der Waals surface area contributed by atoms with E-state index in [9.17, 15) is 18.0 Å². The van der Waals surface area contributed by atoms with E-state index in [4.69, 9.17) is 4.74 Å². The number of hydrogen-bond acceptors (Lipinski definition) is 7. The molecule has 3 aromatic rings. The van der Waals surface area contributed by atoms with E-state index >= 15 is 0 Å². The highest BCUT2D eigenvalue weighted by atomic mass is 19.4. The number of aromatic nitrogens is 4. The summed E-state index contributed by atoms with van der Waals surface area (Å²) in [4.78, 5) is 26.1. The second-order valence-electron chi connectivity index (χ2n) is 5.88. The van der Waals surface area contributed by atoms with Crippen molar-refractivity contribution in [1.82, 2.24) is 19.9 Å². The highest BCUT2D eigenvalue weighted by Crippen LogP contribution is 2.33. The number of H-pyrrole nitrogens is 1. The normalized spacial score (nSPS) is 11.2. The number of ether oxygens (including phenoxy) is 2. The molecule has 29 heavy (non-hydrogen) atoms. The van der Waals surface area contributed by atoms with E-state index in [2.05, 4.69) is 30.0 Å². The number of hydrogen-bond donors (Lipinski definition) is 2. The van der Waals surface area contributed by atoms with Crippen molar-refractivity contribution in [3.63, 3.8) is 0 Å². The molecule has 2 N–H and O–H groups in total. The SMILES string of the molecule is COC(=O)c1cnc(Nc2ccc(-c3nc(C)c[nH]3)c(OC)c2)nc1C(F)(F)F.